The van der Waals surface area contributed by atoms with Crippen LogP contribution in [0.15, 0.2) is 64.6 Å². The molecule has 0 saturated carbocycles. The van der Waals surface area contributed by atoms with E-state index in [1.165, 1.54) is 60.7 Å². The minimum absolute atomic E-state index is 0.0495. The number of benzene rings is 2. The number of carboxylic acid groups (broad SMARTS) is 1. The SMILES string of the molecule is N#C/C(=C\c1ccc(-c2ccc(Cl)cc2[N+](=O)[O-])o1)C(=O)Nc1ccc(C(=O)O)cc1. The Bertz CT molecular complexity index is 1250. The van der Waals surface area contributed by atoms with Crippen molar-refractivity contribution in [3.8, 4) is 17.4 Å². The summed E-state index contributed by atoms with van der Waals surface area (Å²) in [5.74, 6) is -1.55. The van der Waals surface area contributed by atoms with E-state index in [0.717, 1.165) is 0 Å². The minimum Gasteiger partial charge on any atom is -0.478 e. The molecule has 2 aromatic carbocycles. The van der Waals surface area contributed by atoms with Gasteiger partial charge in [-0.15, -0.1) is 0 Å². The van der Waals surface area contributed by atoms with Crippen LogP contribution >= 0.6 is 11.6 Å². The first-order chi connectivity index (χ1) is 14.8. The Morgan fingerprint density at radius 3 is 2.48 bits per heavy atom. The maximum absolute atomic E-state index is 12.4. The molecule has 0 fully saturated rings. The van der Waals surface area contributed by atoms with Gasteiger partial charge in [0, 0.05) is 22.9 Å². The van der Waals surface area contributed by atoms with Gasteiger partial charge in [0.25, 0.3) is 11.6 Å². The lowest BCUT2D eigenvalue weighted by Gasteiger charge is -2.04. The third-order valence-corrected chi connectivity index (χ3v) is 4.33. The number of anilines is 1. The highest BCUT2D eigenvalue weighted by molar-refractivity contribution is 6.30. The summed E-state index contributed by atoms with van der Waals surface area (Å²) in [6.07, 6.45) is 1.19. The van der Waals surface area contributed by atoms with Crippen molar-refractivity contribution in [3.63, 3.8) is 0 Å². The van der Waals surface area contributed by atoms with Gasteiger partial charge in [-0.05, 0) is 48.5 Å². The fourth-order valence-corrected chi connectivity index (χ4v) is 2.79. The number of carboxylic acids is 1. The van der Waals surface area contributed by atoms with Gasteiger partial charge in [0.1, 0.15) is 23.2 Å². The van der Waals surface area contributed by atoms with Crippen LogP contribution in [0.4, 0.5) is 11.4 Å². The van der Waals surface area contributed by atoms with E-state index in [1.807, 2.05) is 0 Å². The predicted octanol–water partition coefficient (Wildman–Crippen LogP) is 4.75. The van der Waals surface area contributed by atoms with E-state index in [4.69, 9.17) is 21.1 Å². The summed E-state index contributed by atoms with van der Waals surface area (Å²) in [4.78, 5) is 33.9. The number of halogens is 1. The zero-order chi connectivity index (χ0) is 22.5. The van der Waals surface area contributed by atoms with E-state index in [2.05, 4.69) is 5.32 Å². The molecule has 0 aliphatic carbocycles. The summed E-state index contributed by atoms with van der Waals surface area (Å²) in [7, 11) is 0. The molecule has 2 N–H and O–H groups in total. The number of carbonyl (C=O) groups is 2. The first-order valence-corrected chi connectivity index (χ1v) is 8.97. The molecule has 0 saturated heterocycles. The molecule has 3 aromatic rings. The molecule has 0 bridgehead atoms. The van der Waals surface area contributed by atoms with E-state index in [1.54, 1.807) is 6.07 Å². The molecule has 1 aromatic heterocycles. The number of carbonyl (C=O) groups excluding carboxylic acids is 1. The van der Waals surface area contributed by atoms with E-state index in [-0.39, 0.29) is 38.9 Å². The molecule has 0 radical (unpaired) electrons. The standard InChI is InChI=1S/C21H12ClN3O6/c22-14-3-7-17(18(10-14)25(29)30)19-8-6-16(31-19)9-13(11-23)20(26)24-15-4-1-12(2-5-15)21(27)28/h1-10H,(H,24,26)(H,27,28)/b13-9+. The zero-order valence-corrected chi connectivity index (χ0v) is 16.3. The molecule has 10 heteroatoms. The summed E-state index contributed by atoms with van der Waals surface area (Å²) in [5.41, 5.74) is 0.00584. The molecular formula is C21H12ClN3O6. The van der Waals surface area contributed by atoms with E-state index in [9.17, 15) is 25.0 Å². The molecule has 154 valence electrons. The Kier molecular flexibility index (Phi) is 6.14. The number of nitro benzene ring substituents is 1. The first-order valence-electron chi connectivity index (χ1n) is 8.59. The minimum atomic E-state index is -1.11. The molecule has 9 nitrogen and oxygen atoms in total. The number of hydrogen-bond acceptors (Lipinski definition) is 6. The van der Waals surface area contributed by atoms with Gasteiger partial charge in [-0.25, -0.2) is 4.79 Å². The quantitative estimate of drug-likeness (QED) is 0.244. The lowest BCUT2D eigenvalue weighted by Crippen LogP contribution is -2.13. The molecule has 3 rings (SSSR count). The number of nitrogens with one attached hydrogen (secondary N) is 1. The third-order valence-electron chi connectivity index (χ3n) is 4.09. The Hall–Kier alpha value is -4.42. The number of nitrogens with zero attached hydrogens (tertiary/aromatic N) is 2. The number of furan rings is 1. The average Bonchev–Trinajstić information content (AvgIpc) is 3.20. The van der Waals surface area contributed by atoms with Crippen molar-refractivity contribution in [2.24, 2.45) is 0 Å². The monoisotopic (exact) mass is 437 g/mol. The highest BCUT2D eigenvalue weighted by atomic mass is 35.5. The van der Waals surface area contributed by atoms with E-state index >= 15 is 0 Å². The maximum atomic E-state index is 12.4. The molecule has 0 aliphatic heterocycles. The second kappa shape index (κ2) is 8.94. The molecule has 0 spiro atoms. The number of aromatic carboxylic acids is 1. The number of nitriles is 1. The zero-order valence-electron chi connectivity index (χ0n) is 15.5. The Balaban J connectivity index is 1.83. The van der Waals surface area contributed by atoms with Crippen LogP contribution in [0.25, 0.3) is 17.4 Å². The number of amides is 1. The van der Waals surface area contributed by atoms with Gasteiger partial charge in [-0.3, -0.25) is 14.9 Å². The third kappa shape index (κ3) is 4.95. The highest BCUT2D eigenvalue weighted by Crippen LogP contribution is 2.33. The second-order valence-electron chi connectivity index (χ2n) is 6.13. The lowest BCUT2D eigenvalue weighted by atomic mass is 10.1. The summed E-state index contributed by atoms with van der Waals surface area (Å²) in [6, 6.07) is 14.2. The van der Waals surface area contributed by atoms with Crippen LogP contribution < -0.4 is 5.32 Å². The van der Waals surface area contributed by atoms with Crippen molar-refractivity contribution < 1.29 is 24.0 Å². The van der Waals surface area contributed by atoms with Gasteiger partial charge in [0.05, 0.1) is 16.1 Å². The van der Waals surface area contributed by atoms with Crippen LogP contribution in [0.2, 0.25) is 5.02 Å². The van der Waals surface area contributed by atoms with Gasteiger partial charge >= 0.3 is 5.97 Å². The largest absolute Gasteiger partial charge is 0.478 e. The fraction of sp³-hybridized carbons (Fsp3) is 0. The Morgan fingerprint density at radius 1 is 1.16 bits per heavy atom. The molecule has 1 heterocycles. The summed E-state index contributed by atoms with van der Waals surface area (Å²) in [6.45, 7) is 0. The summed E-state index contributed by atoms with van der Waals surface area (Å²) in [5, 5.41) is 32.2. The fourth-order valence-electron chi connectivity index (χ4n) is 2.62. The first kappa shape index (κ1) is 21.3. The van der Waals surface area contributed by atoms with Crippen LogP contribution in [-0.2, 0) is 4.79 Å². The smallest absolute Gasteiger partial charge is 0.335 e. The van der Waals surface area contributed by atoms with Crippen LogP contribution in [-0.4, -0.2) is 21.9 Å². The van der Waals surface area contributed by atoms with Crippen molar-refractivity contribution in [2.45, 2.75) is 0 Å². The van der Waals surface area contributed by atoms with Gasteiger partial charge in [0.15, 0.2) is 0 Å². The van der Waals surface area contributed by atoms with Crippen LogP contribution in [0.5, 0.6) is 0 Å². The Morgan fingerprint density at radius 2 is 1.87 bits per heavy atom. The van der Waals surface area contributed by atoms with E-state index < -0.39 is 16.8 Å². The van der Waals surface area contributed by atoms with Crippen molar-refractivity contribution >= 4 is 40.9 Å². The van der Waals surface area contributed by atoms with Crippen molar-refractivity contribution in [1.82, 2.24) is 0 Å². The lowest BCUT2D eigenvalue weighted by molar-refractivity contribution is -0.384. The predicted molar refractivity (Wildman–Crippen MR) is 111 cm³/mol. The topological polar surface area (TPSA) is 146 Å². The summed E-state index contributed by atoms with van der Waals surface area (Å²) < 4.78 is 5.55. The van der Waals surface area contributed by atoms with Gasteiger partial charge in [-0.2, -0.15) is 5.26 Å². The number of nitro groups is 1. The van der Waals surface area contributed by atoms with Crippen LogP contribution in [0, 0.1) is 21.4 Å². The van der Waals surface area contributed by atoms with Gasteiger partial charge in [-0.1, -0.05) is 11.6 Å². The number of rotatable bonds is 6. The number of hydrogen-bond donors (Lipinski definition) is 2. The van der Waals surface area contributed by atoms with Gasteiger partial charge in [0.2, 0.25) is 0 Å². The second-order valence-corrected chi connectivity index (χ2v) is 6.56. The molecular weight excluding hydrogens is 426 g/mol. The average molecular weight is 438 g/mol. The van der Waals surface area contributed by atoms with Crippen LogP contribution in [0.3, 0.4) is 0 Å². The van der Waals surface area contributed by atoms with Crippen molar-refractivity contribution in [2.75, 3.05) is 5.32 Å². The molecule has 0 unspecified atom stereocenters. The maximum Gasteiger partial charge on any atom is 0.335 e. The van der Waals surface area contributed by atoms with Crippen molar-refractivity contribution in [1.29, 1.82) is 5.26 Å². The highest BCUT2D eigenvalue weighted by Gasteiger charge is 2.19. The normalized spacial score (nSPS) is 10.9. The molecule has 0 atom stereocenters. The molecule has 31 heavy (non-hydrogen) atoms. The molecule has 0 aliphatic rings. The summed E-state index contributed by atoms with van der Waals surface area (Å²) >= 11 is 5.81. The van der Waals surface area contributed by atoms with Gasteiger partial charge < -0.3 is 14.8 Å². The van der Waals surface area contributed by atoms with E-state index in [0.29, 0.717) is 5.69 Å². The van der Waals surface area contributed by atoms with Crippen LogP contribution in [0.1, 0.15) is 16.1 Å². The van der Waals surface area contributed by atoms with Crippen molar-refractivity contribution in [3.05, 3.63) is 86.6 Å². The molecule has 1 amide bonds. The Labute approximate surface area is 179 Å².